The number of ether oxygens (including phenoxy) is 1. The maximum absolute atomic E-state index is 12.1. The molecule has 0 spiro atoms. The molecule has 0 aliphatic rings. The fourth-order valence-electron chi connectivity index (χ4n) is 1.82. The molecule has 0 aliphatic heterocycles. The largest absolute Gasteiger partial charge is 0.479 e. The number of carboxylic acids is 1. The molecule has 5 nitrogen and oxygen atoms in total. The van der Waals surface area contributed by atoms with Crippen LogP contribution in [-0.4, -0.2) is 28.2 Å². The Labute approximate surface area is 125 Å². The molecule has 0 radical (unpaired) electrons. The number of nitrogens with two attached hydrogens (primary N) is 1. The van der Waals surface area contributed by atoms with E-state index in [0.29, 0.717) is 5.56 Å². The third-order valence-corrected chi connectivity index (χ3v) is 3.06. The second-order valence-electron chi connectivity index (χ2n) is 6.13. The molecular weight excluding hydrogens is 270 g/mol. The Kier molecular flexibility index (Phi) is 5.12. The zero-order chi connectivity index (χ0) is 16.3. The lowest BCUT2D eigenvalue weighted by atomic mass is 9.91. The Bertz CT molecular complexity index is 516. The fourth-order valence-corrected chi connectivity index (χ4v) is 1.82. The van der Waals surface area contributed by atoms with Gasteiger partial charge in [-0.1, -0.05) is 31.2 Å². The topological polar surface area (TPSA) is 89.6 Å². The first kappa shape index (κ1) is 17.2. The highest BCUT2D eigenvalue weighted by molar-refractivity contribution is 6.04. The molecule has 116 valence electrons. The SMILES string of the molecule is CCc1ccc(CC(N)(C(=O)O)C(=O)OC(C)(C)C)cc1. The second-order valence-corrected chi connectivity index (χ2v) is 6.13. The van der Waals surface area contributed by atoms with Crippen molar-refractivity contribution in [1.29, 1.82) is 0 Å². The normalized spacial score (nSPS) is 14.3. The predicted octanol–water partition coefficient (Wildman–Crippen LogP) is 1.92. The number of esters is 1. The lowest BCUT2D eigenvalue weighted by Gasteiger charge is -2.28. The van der Waals surface area contributed by atoms with Crippen LogP contribution >= 0.6 is 0 Å². The number of benzene rings is 1. The van der Waals surface area contributed by atoms with Crippen LogP contribution in [-0.2, 0) is 27.2 Å². The van der Waals surface area contributed by atoms with Crippen LogP contribution in [0, 0.1) is 0 Å². The summed E-state index contributed by atoms with van der Waals surface area (Å²) < 4.78 is 5.14. The van der Waals surface area contributed by atoms with E-state index in [2.05, 4.69) is 0 Å². The number of carbonyl (C=O) groups is 2. The van der Waals surface area contributed by atoms with E-state index < -0.39 is 23.1 Å². The monoisotopic (exact) mass is 293 g/mol. The second kappa shape index (κ2) is 6.26. The Morgan fingerprint density at radius 2 is 1.62 bits per heavy atom. The lowest BCUT2D eigenvalue weighted by molar-refractivity contribution is -0.169. The molecule has 1 aromatic rings. The highest BCUT2D eigenvalue weighted by Gasteiger charge is 2.45. The van der Waals surface area contributed by atoms with E-state index in [1.165, 1.54) is 0 Å². The van der Waals surface area contributed by atoms with Crippen molar-refractivity contribution in [1.82, 2.24) is 0 Å². The Morgan fingerprint density at radius 1 is 1.14 bits per heavy atom. The van der Waals surface area contributed by atoms with E-state index in [1.54, 1.807) is 32.9 Å². The third kappa shape index (κ3) is 4.56. The van der Waals surface area contributed by atoms with Crippen molar-refractivity contribution in [2.75, 3.05) is 0 Å². The van der Waals surface area contributed by atoms with Crippen molar-refractivity contribution in [3.8, 4) is 0 Å². The summed E-state index contributed by atoms with van der Waals surface area (Å²) in [5, 5.41) is 9.34. The molecule has 0 bridgehead atoms. The van der Waals surface area contributed by atoms with Crippen molar-refractivity contribution >= 4 is 11.9 Å². The average Bonchev–Trinajstić information content (AvgIpc) is 2.37. The van der Waals surface area contributed by atoms with Gasteiger partial charge in [-0.05, 0) is 38.3 Å². The molecule has 1 rings (SSSR count). The Balaban J connectivity index is 2.99. The van der Waals surface area contributed by atoms with E-state index in [4.69, 9.17) is 10.5 Å². The number of carbonyl (C=O) groups excluding carboxylic acids is 1. The van der Waals surface area contributed by atoms with Gasteiger partial charge in [-0.25, -0.2) is 9.59 Å². The maximum atomic E-state index is 12.1. The van der Waals surface area contributed by atoms with Crippen LogP contribution in [0.15, 0.2) is 24.3 Å². The molecule has 0 saturated carbocycles. The standard InChI is InChI=1S/C16H23NO4/c1-5-11-6-8-12(9-7-11)10-16(17,13(18)19)14(20)21-15(2,3)4/h6-9H,5,10,17H2,1-4H3,(H,18,19). The van der Waals surface area contributed by atoms with Gasteiger partial charge in [0.15, 0.2) is 0 Å². The van der Waals surface area contributed by atoms with E-state index in [1.807, 2.05) is 19.1 Å². The molecule has 0 saturated heterocycles. The number of aryl methyl sites for hydroxylation is 1. The summed E-state index contributed by atoms with van der Waals surface area (Å²) in [6, 6.07) is 7.36. The number of carboxylic acid groups (broad SMARTS) is 1. The summed E-state index contributed by atoms with van der Waals surface area (Å²) in [4.78, 5) is 23.6. The molecule has 0 amide bonds. The average molecular weight is 293 g/mol. The van der Waals surface area contributed by atoms with Crippen LogP contribution < -0.4 is 5.73 Å². The molecule has 0 aliphatic carbocycles. The third-order valence-electron chi connectivity index (χ3n) is 3.06. The van der Waals surface area contributed by atoms with Gasteiger partial charge < -0.3 is 15.6 Å². The van der Waals surface area contributed by atoms with Crippen LogP contribution in [0.4, 0.5) is 0 Å². The summed E-state index contributed by atoms with van der Waals surface area (Å²) in [5.41, 5.74) is 4.77. The van der Waals surface area contributed by atoms with Crippen LogP contribution in [0.5, 0.6) is 0 Å². The predicted molar refractivity (Wildman–Crippen MR) is 79.9 cm³/mol. The quantitative estimate of drug-likeness (QED) is 0.639. The lowest BCUT2D eigenvalue weighted by Crippen LogP contribution is -2.58. The van der Waals surface area contributed by atoms with Gasteiger partial charge in [0.2, 0.25) is 5.54 Å². The Hall–Kier alpha value is -1.88. The minimum absolute atomic E-state index is 0.110. The summed E-state index contributed by atoms with van der Waals surface area (Å²) >= 11 is 0. The van der Waals surface area contributed by atoms with Gasteiger partial charge in [-0.2, -0.15) is 0 Å². The first-order valence-corrected chi connectivity index (χ1v) is 6.92. The van der Waals surface area contributed by atoms with Crippen LogP contribution in [0.3, 0.4) is 0 Å². The summed E-state index contributed by atoms with van der Waals surface area (Å²) in [6.45, 7) is 7.04. The van der Waals surface area contributed by atoms with Crippen molar-refractivity contribution in [2.45, 2.75) is 51.7 Å². The van der Waals surface area contributed by atoms with Gasteiger partial charge in [0.1, 0.15) is 5.60 Å². The summed E-state index contributed by atoms with van der Waals surface area (Å²) in [6.07, 6.45) is 0.778. The zero-order valence-electron chi connectivity index (χ0n) is 13.0. The smallest absolute Gasteiger partial charge is 0.338 e. The first-order valence-electron chi connectivity index (χ1n) is 6.92. The fraction of sp³-hybridized carbons (Fsp3) is 0.500. The van der Waals surface area contributed by atoms with Crippen molar-refractivity contribution in [3.63, 3.8) is 0 Å². The van der Waals surface area contributed by atoms with Gasteiger partial charge in [0.05, 0.1) is 0 Å². The van der Waals surface area contributed by atoms with E-state index in [-0.39, 0.29) is 6.42 Å². The van der Waals surface area contributed by atoms with Crippen LogP contribution in [0.1, 0.15) is 38.8 Å². The molecule has 0 heterocycles. The minimum atomic E-state index is -2.08. The van der Waals surface area contributed by atoms with Gasteiger partial charge >= 0.3 is 11.9 Å². The molecule has 1 aromatic carbocycles. The zero-order valence-corrected chi connectivity index (χ0v) is 13.0. The van der Waals surface area contributed by atoms with Gasteiger partial charge in [0, 0.05) is 6.42 Å². The van der Waals surface area contributed by atoms with E-state index >= 15 is 0 Å². The van der Waals surface area contributed by atoms with Gasteiger partial charge in [-0.15, -0.1) is 0 Å². The number of hydrogen-bond acceptors (Lipinski definition) is 4. The molecular formula is C16H23NO4. The maximum Gasteiger partial charge on any atom is 0.338 e. The van der Waals surface area contributed by atoms with Crippen molar-refractivity contribution in [3.05, 3.63) is 35.4 Å². The molecule has 1 atom stereocenters. The van der Waals surface area contributed by atoms with Crippen LogP contribution in [0.2, 0.25) is 0 Å². The number of hydrogen-bond donors (Lipinski definition) is 2. The van der Waals surface area contributed by atoms with Gasteiger partial charge in [0.25, 0.3) is 0 Å². The molecule has 3 N–H and O–H groups in total. The highest BCUT2D eigenvalue weighted by Crippen LogP contribution is 2.18. The molecule has 5 heteroatoms. The first-order chi connectivity index (χ1) is 9.58. The number of rotatable bonds is 5. The van der Waals surface area contributed by atoms with Crippen molar-refractivity contribution in [2.24, 2.45) is 5.73 Å². The van der Waals surface area contributed by atoms with E-state index in [0.717, 1.165) is 12.0 Å². The van der Waals surface area contributed by atoms with E-state index in [9.17, 15) is 14.7 Å². The Morgan fingerprint density at radius 3 is 2.00 bits per heavy atom. The van der Waals surface area contributed by atoms with Crippen molar-refractivity contribution < 1.29 is 19.4 Å². The summed E-state index contributed by atoms with van der Waals surface area (Å²) in [7, 11) is 0. The molecule has 21 heavy (non-hydrogen) atoms. The number of aliphatic carboxylic acids is 1. The molecule has 1 unspecified atom stereocenters. The molecule has 0 aromatic heterocycles. The minimum Gasteiger partial charge on any atom is -0.479 e. The molecule has 0 fully saturated rings. The van der Waals surface area contributed by atoms with Gasteiger partial charge in [-0.3, -0.25) is 0 Å². The van der Waals surface area contributed by atoms with Crippen LogP contribution in [0.25, 0.3) is 0 Å². The highest BCUT2D eigenvalue weighted by atomic mass is 16.6. The summed E-state index contributed by atoms with van der Waals surface area (Å²) in [5.74, 6) is -2.32.